The number of rotatable bonds is 5. The molecule has 1 aromatic rings. The van der Waals surface area contributed by atoms with Crippen LogP contribution < -0.4 is 5.32 Å². The number of nitrogens with one attached hydrogen (secondary N) is 1. The van der Waals surface area contributed by atoms with Crippen molar-refractivity contribution >= 4 is 23.4 Å². The molecule has 0 radical (unpaired) electrons. The number of hydrogen-bond donors (Lipinski definition) is 1. The minimum absolute atomic E-state index is 0.475. The van der Waals surface area contributed by atoms with Crippen LogP contribution >= 0.6 is 23.4 Å². The summed E-state index contributed by atoms with van der Waals surface area (Å²) in [5.74, 6) is 2.13. The Labute approximate surface area is 106 Å². The van der Waals surface area contributed by atoms with Crippen LogP contribution in [-0.4, -0.2) is 17.0 Å². The van der Waals surface area contributed by atoms with Gasteiger partial charge in [-0.25, -0.2) is 0 Å². The van der Waals surface area contributed by atoms with Crippen LogP contribution in [0.5, 0.6) is 0 Å². The monoisotopic (exact) mass is 259 g/mol. The average Bonchev–Trinajstić information content (AvgIpc) is 2.85. The zero-order valence-corrected chi connectivity index (χ0v) is 11.1. The lowest BCUT2D eigenvalue weighted by molar-refractivity contribution is 0.450. The van der Waals surface area contributed by atoms with Gasteiger partial charge in [-0.1, -0.05) is 13.3 Å². The van der Waals surface area contributed by atoms with Crippen LogP contribution in [0.1, 0.15) is 31.9 Å². The van der Waals surface area contributed by atoms with E-state index in [1.54, 1.807) is 6.07 Å². The molecule has 1 N–H and O–H groups in total. The first-order chi connectivity index (χ1) is 7.79. The van der Waals surface area contributed by atoms with E-state index in [1.165, 1.54) is 25.0 Å². The Morgan fingerprint density at radius 2 is 2.38 bits per heavy atom. The SMILES string of the molecule is CCSC1CCCC1NCc1ccc(Cl)o1. The maximum atomic E-state index is 5.74. The molecule has 1 saturated carbocycles. The van der Waals surface area contributed by atoms with Crippen molar-refractivity contribution in [2.24, 2.45) is 0 Å². The normalized spacial score (nSPS) is 25.1. The molecule has 1 aromatic heterocycles. The first-order valence-corrected chi connectivity index (χ1v) is 7.31. The number of furan rings is 1. The van der Waals surface area contributed by atoms with E-state index in [0.29, 0.717) is 11.3 Å². The Kier molecular flexibility index (Phi) is 4.62. The van der Waals surface area contributed by atoms with E-state index in [-0.39, 0.29) is 0 Å². The molecule has 2 atom stereocenters. The van der Waals surface area contributed by atoms with E-state index in [9.17, 15) is 0 Å². The highest BCUT2D eigenvalue weighted by molar-refractivity contribution is 7.99. The summed E-state index contributed by atoms with van der Waals surface area (Å²) in [4.78, 5) is 0. The van der Waals surface area contributed by atoms with Crippen molar-refractivity contribution in [3.8, 4) is 0 Å². The maximum Gasteiger partial charge on any atom is 0.193 e. The second-order valence-corrected chi connectivity index (χ2v) is 6.01. The highest BCUT2D eigenvalue weighted by atomic mass is 35.5. The van der Waals surface area contributed by atoms with Gasteiger partial charge in [-0.3, -0.25) is 0 Å². The van der Waals surface area contributed by atoms with Gasteiger partial charge in [-0.2, -0.15) is 11.8 Å². The summed E-state index contributed by atoms with van der Waals surface area (Å²) in [6.07, 6.45) is 3.97. The van der Waals surface area contributed by atoms with Crippen LogP contribution in [-0.2, 0) is 6.54 Å². The summed E-state index contributed by atoms with van der Waals surface area (Å²) in [6.45, 7) is 3.02. The zero-order chi connectivity index (χ0) is 11.4. The van der Waals surface area contributed by atoms with Crippen LogP contribution in [0.4, 0.5) is 0 Å². The minimum Gasteiger partial charge on any atom is -0.448 e. The molecule has 4 heteroatoms. The molecule has 1 aliphatic carbocycles. The molecule has 2 nitrogen and oxygen atoms in total. The fourth-order valence-corrected chi connectivity index (χ4v) is 3.64. The summed E-state index contributed by atoms with van der Waals surface area (Å²) in [7, 11) is 0. The van der Waals surface area contributed by atoms with Gasteiger partial charge in [-0.05, 0) is 42.3 Å². The number of halogens is 1. The lowest BCUT2D eigenvalue weighted by Gasteiger charge is -2.19. The third-order valence-corrected chi connectivity index (χ3v) is 4.53. The van der Waals surface area contributed by atoms with Crippen molar-refractivity contribution in [2.45, 2.75) is 44.0 Å². The third-order valence-electron chi connectivity index (χ3n) is 3.00. The smallest absolute Gasteiger partial charge is 0.193 e. The summed E-state index contributed by atoms with van der Waals surface area (Å²) >= 11 is 7.80. The highest BCUT2D eigenvalue weighted by Crippen LogP contribution is 2.30. The van der Waals surface area contributed by atoms with Crippen molar-refractivity contribution < 1.29 is 4.42 Å². The Bertz CT molecular complexity index is 329. The molecule has 90 valence electrons. The van der Waals surface area contributed by atoms with Gasteiger partial charge in [0.1, 0.15) is 5.76 Å². The summed E-state index contributed by atoms with van der Waals surface area (Å²) in [5, 5.41) is 4.82. The summed E-state index contributed by atoms with van der Waals surface area (Å²) in [5.41, 5.74) is 0. The molecule has 16 heavy (non-hydrogen) atoms. The molecule has 0 amide bonds. The number of thioether (sulfide) groups is 1. The van der Waals surface area contributed by atoms with E-state index in [0.717, 1.165) is 17.6 Å². The van der Waals surface area contributed by atoms with E-state index < -0.39 is 0 Å². The molecule has 1 fully saturated rings. The van der Waals surface area contributed by atoms with E-state index >= 15 is 0 Å². The van der Waals surface area contributed by atoms with E-state index in [2.05, 4.69) is 24.0 Å². The molecule has 2 unspecified atom stereocenters. The molecule has 2 rings (SSSR count). The third kappa shape index (κ3) is 3.19. The van der Waals surface area contributed by atoms with Crippen LogP contribution in [0.3, 0.4) is 0 Å². The van der Waals surface area contributed by atoms with Crippen LogP contribution in [0, 0.1) is 0 Å². The summed E-state index contributed by atoms with van der Waals surface area (Å²) in [6, 6.07) is 4.37. The lowest BCUT2D eigenvalue weighted by Crippen LogP contribution is -2.33. The van der Waals surface area contributed by atoms with Gasteiger partial charge in [0.15, 0.2) is 5.22 Å². The fraction of sp³-hybridized carbons (Fsp3) is 0.667. The first-order valence-electron chi connectivity index (χ1n) is 5.89. The number of hydrogen-bond acceptors (Lipinski definition) is 3. The molecule has 0 spiro atoms. The van der Waals surface area contributed by atoms with E-state index in [4.69, 9.17) is 16.0 Å². The van der Waals surface area contributed by atoms with Gasteiger partial charge in [0.25, 0.3) is 0 Å². The second-order valence-electron chi connectivity index (χ2n) is 4.12. The Balaban J connectivity index is 1.80. The van der Waals surface area contributed by atoms with Gasteiger partial charge in [0, 0.05) is 11.3 Å². The van der Waals surface area contributed by atoms with Crippen molar-refractivity contribution in [3.63, 3.8) is 0 Å². The van der Waals surface area contributed by atoms with Crippen molar-refractivity contribution in [1.82, 2.24) is 5.32 Å². The van der Waals surface area contributed by atoms with Crippen LogP contribution in [0.2, 0.25) is 5.22 Å². The predicted molar refractivity (Wildman–Crippen MR) is 70.1 cm³/mol. The fourth-order valence-electron chi connectivity index (χ4n) is 2.25. The minimum atomic E-state index is 0.475. The molecule has 0 saturated heterocycles. The predicted octanol–water partition coefficient (Wildman–Crippen LogP) is 3.70. The van der Waals surface area contributed by atoms with Crippen LogP contribution in [0.25, 0.3) is 0 Å². The van der Waals surface area contributed by atoms with Gasteiger partial charge in [-0.15, -0.1) is 0 Å². The lowest BCUT2D eigenvalue weighted by atomic mass is 10.2. The zero-order valence-electron chi connectivity index (χ0n) is 9.54. The second kappa shape index (κ2) is 5.99. The Morgan fingerprint density at radius 1 is 1.50 bits per heavy atom. The van der Waals surface area contributed by atoms with Crippen molar-refractivity contribution in [3.05, 3.63) is 23.1 Å². The standard InChI is InChI=1S/C12H18ClNOS/c1-2-16-11-5-3-4-10(11)14-8-9-6-7-12(13)15-9/h6-7,10-11,14H,2-5,8H2,1H3. The van der Waals surface area contributed by atoms with Gasteiger partial charge < -0.3 is 9.73 Å². The maximum absolute atomic E-state index is 5.74. The van der Waals surface area contributed by atoms with E-state index in [1.807, 2.05) is 6.07 Å². The Hall–Kier alpha value is -0.120. The van der Waals surface area contributed by atoms with Gasteiger partial charge >= 0.3 is 0 Å². The summed E-state index contributed by atoms with van der Waals surface area (Å²) < 4.78 is 5.33. The molecule has 1 heterocycles. The topological polar surface area (TPSA) is 25.2 Å². The average molecular weight is 260 g/mol. The van der Waals surface area contributed by atoms with Crippen molar-refractivity contribution in [1.29, 1.82) is 0 Å². The van der Waals surface area contributed by atoms with Gasteiger partial charge in [0.05, 0.1) is 6.54 Å². The molecular formula is C12H18ClNOS. The Morgan fingerprint density at radius 3 is 3.06 bits per heavy atom. The first kappa shape index (κ1) is 12.3. The molecule has 1 aliphatic rings. The largest absolute Gasteiger partial charge is 0.448 e. The molecule has 0 aliphatic heterocycles. The van der Waals surface area contributed by atoms with Gasteiger partial charge in [0.2, 0.25) is 0 Å². The van der Waals surface area contributed by atoms with Crippen LogP contribution in [0.15, 0.2) is 16.5 Å². The highest BCUT2D eigenvalue weighted by Gasteiger charge is 2.26. The molecular weight excluding hydrogens is 242 g/mol. The quantitative estimate of drug-likeness (QED) is 0.873. The molecule has 0 bridgehead atoms. The van der Waals surface area contributed by atoms with Crippen molar-refractivity contribution in [2.75, 3.05) is 5.75 Å². The molecule has 0 aromatic carbocycles.